The van der Waals surface area contributed by atoms with E-state index in [2.05, 4.69) is 40.8 Å². The summed E-state index contributed by atoms with van der Waals surface area (Å²) in [6.07, 6.45) is 3.32. The van der Waals surface area contributed by atoms with E-state index in [1.165, 1.54) is 17.7 Å². The molecule has 0 saturated carbocycles. The largest absolute Gasteiger partial charge is 0.493 e. The summed E-state index contributed by atoms with van der Waals surface area (Å²) in [5, 5.41) is 5.58. The van der Waals surface area contributed by atoms with Crippen LogP contribution in [0, 0.1) is 5.92 Å². The number of rotatable bonds is 4. The van der Waals surface area contributed by atoms with Crippen LogP contribution >= 0.6 is 11.3 Å². The minimum Gasteiger partial charge on any atom is -0.493 e. The van der Waals surface area contributed by atoms with E-state index in [0.717, 1.165) is 30.8 Å². The van der Waals surface area contributed by atoms with Crippen LogP contribution < -0.4 is 15.8 Å². The van der Waals surface area contributed by atoms with Crippen molar-refractivity contribution in [1.29, 1.82) is 0 Å². The molecule has 2 aliphatic heterocycles. The van der Waals surface area contributed by atoms with Crippen molar-refractivity contribution in [2.45, 2.75) is 31.3 Å². The molecule has 0 spiro atoms. The lowest BCUT2D eigenvalue weighted by Gasteiger charge is -2.38. The van der Waals surface area contributed by atoms with Gasteiger partial charge in [0.05, 0.1) is 12.6 Å². The van der Waals surface area contributed by atoms with Crippen LogP contribution in [0.15, 0.2) is 46.8 Å². The number of ether oxygens (including phenoxy) is 1. The smallest absolute Gasteiger partial charge is 0.189 e. The normalized spacial score (nSPS) is 26.3. The fraction of sp³-hybridized carbons (Fsp3) is 0.476. The second kappa shape index (κ2) is 8.31. The topological polar surface area (TPSA) is 62.9 Å². The molecule has 3 unspecified atom stereocenters. The number of nitrogens with two attached hydrogens (primary N) is 1. The van der Waals surface area contributed by atoms with Gasteiger partial charge in [0.15, 0.2) is 5.96 Å². The van der Waals surface area contributed by atoms with Crippen molar-refractivity contribution in [2.75, 3.05) is 26.7 Å². The zero-order valence-electron chi connectivity index (χ0n) is 15.8. The van der Waals surface area contributed by atoms with Crippen LogP contribution in [-0.4, -0.2) is 37.6 Å². The summed E-state index contributed by atoms with van der Waals surface area (Å²) in [5.41, 5.74) is 7.43. The summed E-state index contributed by atoms with van der Waals surface area (Å²) in [7, 11) is 2.22. The zero-order valence-corrected chi connectivity index (χ0v) is 16.6. The predicted octanol–water partition coefficient (Wildman–Crippen LogP) is 3.56. The van der Waals surface area contributed by atoms with Crippen molar-refractivity contribution in [3.63, 3.8) is 0 Å². The molecule has 3 N–H and O–H groups in total. The van der Waals surface area contributed by atoms with Crippen molar-refractivity contribution in [3.05, 3.63) is 52.2 Å². The minimum atomic E-state index is 0.167. The Morgan fingerprint density at radius 2 is 2.19 bits per heavy atom. The number of benzene rings is 1. The second-order valence-corrected chi connectivity index (χ2v) is 8.42. The van der Waals surface area contributed by atoms with Crippen molar-refractivity contribution in [3.8, 4) is 5.75 Å². The van der Waals surface area contributed by atoms with Gasteiger partial charge in [0, 0.05) is 29.4 Å². The molecule has 1 fully saturated rings. The van der Waals surface area contributed by atoms with Gasteiger partial charge in [-0.15, -0.1) is 11.3 Å². The fourth-order valence-electron chi connectivity index (χ4n) is 4.29. The fourth-order valence-corrected chi connectivity index (χ4v) is 5.27. The quantitative estimate of drug-likeness (QED) is 0.625. The summed E-state index contributed by atoms with van der Waals surface area (Å²) in [4.78, 5) is 8.63. The molecular weight excluding hydrogens is 356 g/mol. The highest BCUT2D eigenvalue weighted by Gasteiger charge is 2.31. The number of piperidine rings is 1. The first-order chi connectivity index (χ1) is 13.2. The van der Waals surface area contributed by atoms with Gasteiger partial charge in [-0.2, -0.15) is 0 Å². The standard InChI is InChI=1S/C21H28N4OS/c1-25-11-4-6-15(20(25)19-9-5-13-27-19)14-23-21(22)24-17-10-12-26-18-8-3-2-7-16(17)18/h2-3,5,7-9,13,15,17,20H,4,6,10-12,14H2,1H3,(H3,22,23,24). The number of nitrogens with zero attached hydrogens (tertiary/aromatic N) is 2. The van der Waals surface area contributed by atoms with Crippen LogP contribution in [0.3, 0.4) is 0 Å². The molecule has 3 heterocycles. The van der Waals surface area contributed by atoms with Gasteiger partial charge in [-0.3, -0.25) is 9.89 Å². The lowest BCUT2D eigenvalue weighted by molar-refractivity contribution is 0.128. The maximum absolute atomic E-state index is 6.26. The van der Waals surface area contributed by atoms with E-state index in [1.54, 1.807) is 0 Å². The van der Waals surface area contributed by atoms with E-state index in [-0.39, 0.29) is 6.04 Å². The molecule has 27 heavy (non-hydrogen) atoms. The highest BCUT2D eigenvalue weighted by molar-refractivity contribution is 7.10. The van der Waals surface area contributed by atoms with Gasteiger partial charge in [0.25, 0.3) is 0 Å². The number of aliphatic imine (C=N–C) groups is 1. The lowest BCUT2D eigenvalue weighted by Crippen LogP contribution is -2.39. The first kappa shape index (κ1) is 18.3. The third kappa shape index (κ3) is 4.12. The monoisotopic (exact) mass is 384 g/mol. The Labute approximate surface area is 165 Å². The van der Waals surface area contributed by atoms with Crippen LogP contribution in [0.5, 0.6) is 5.75 Å². The van der Waals surface area contributed by atoms with Gasteiger partial charge in [0.2, 0.25) is 0 Å². The molecule has 5 nitrogen and oxygen atoms in total. The van der Waals surface area contributed by atoms with Crippen molar-refractivity contribution < 1.29 is 4.74 Å². The van der Waals surface area contributed by atoms with Gasteiger partial charge in [0.1, 0.15) is 5.75 Å². The molecule has 144 valence electrons. The maximum Gasteiger partial charge on any atom is 0.189 e. The Morgan fingerprint density at radius 1 is 1.30 bits per heavy atom. The molecule has 2 aromatic rings. The Hall–Kier alpha value is -2.05. The second-order valence-electron chi connectivity index (χ2n) is 7.44. The summed E-state index contributed by atoms with van der Waals surface area (Å²) in [5.74, 6) is 1.99. The molecule has 2 aliphatic rings. The Kier molecular flexibility index (Phi) is 5.64. The molecule has 3 atom stereocenters. The molecular formula is C21H28N4OS. The van der Waals surface area contributed by atoms with Crippen LogP contribution in [-0.2, 0) is 0 Å². The number of likely N-dealkylation sites (tertiary alicyclic amines) is 1. The van der Waals surface area contributed by atoms with E-state index in [1.807, 2.05) is 29.5 Å². The van der Waals surface area contributed by atoms with E-state index in [9.17, 15) is 0 Å². The molecule has 4 rings (SSSR count). The first-order valence-electron chi connectivity index (χ1n) is 9.74. The first-order valence-corrected chi connectivity index (χ1v) is 10.6. The number of fused-ring (bicyclic) bond motifs is 1. The predicted molar refractivity (Wildman–Crippen MR) is 111 cm³/mol. The molecule has 1 saturated heterocycles. The van der Waals surface area contributed by atoms with E-state index < -0.39 is 0 Å². The van der Waals surface area contributed by atoms with Crippen LogP contribution in [0.4, 0.5) is 0 Å². The molecule has 0 radical (unpaired) electrons. The number of nitrogens with one attached hydrogen (secondary N) is 1. The number of hydrogen-bond donors (Lipinski definition) is 2. The van der Waals surface area contributed by atoms with E-state index in [4.69, 9.17) is 15.5 Å². The highest BCUT2D eigenvalue weighted by Crippen LogP contribution is 2.37. The van der Waals surface area contributed by atoms with E-state index in [0.29, 0.717) is 24.5 Å². The minimum absolute atomic E-state index is 0.167. The Morgan fingerprint density at radius 3 is 3.04 bits per heavy atom. The van der Waals surface area contributed by atoms with Crippen LogP contribution in [0.25, 0.3) is 0 Å². The van der Waals surface area contributed by atoms with Gasteiger partial charge in [-0.1, -0.05) is 24.3 Å². The van der Waals surface area contributed by atoms with Gasteiger partial charge < -0.3 is 15.8 Å². The molecule has 1 aromatic heterocycles. The summed E-state index contributed by atoms with van der Waals surface area (Å²) < 4.78 is 5.73. The molecule has 0 aliphatic carbocycles. The third-order valence-electron chi connectivity index (χ3n) is 5.62. The molecule has 6 heteroatoms. The molecule has 0 amide bonds. The Bertz CT molecular complexity index is 776. The number of para-hydroxylation sites is 1. The SMILES string of the molecule is CN1CCCC(CN=C(N)NC2CCOc3ccccc32)C1c1cccs1. The summed E-state index contributed by atoms with van der Waals surface area (Å²) >= 11 is 1.84. The third-order valence-corrected chi connectivity index (χ3v) is 6.56. The number of guanidine groups is 1. The Balaban J connectivity index is 1.43. The average molecular weight is 385 g/mol. The average Bonchev–Trinajstić information content (AvgIpc) is 3.21. The maximum atomic E-state index is 6.26. The van der Waals surface area contributed by atoms with E-state index >= 15 is 0 Å². The van der Waals surface area contributed by atoms with Gasteiger partial charge in [-0.05, 0) is 49.9 Å². The van der Waals surface area contributed by atoms with Gasteiger partial charge >= 0.3 is 0 Å². The highest BCUT2D eigenvalue weighted by atomic mass is 32.1. The van der Waals surface area contributed by atoms with Crippen molar-refractivity contribution in [2.24, 2.45) is 16.6 Å². The number of thiophene rings is 1. The molecule has 0 bridgehead atoms. The number of hydrogen-bond acceptors (Lipinski definition) is 4. The van der Waals surface area contributed by atoms with Crippen molar-refractivity contribution >= 4 is 17.3 Å². The van der Waals surface area contributed by atoms with Crippen LogP contribution in [0.1, 0.15) is 41.8 Å². The lowest BCUT2D eigenvalue weighted by atomic mass is 9.88. The van der Waals surface area contributed by atoms with Crippen molar-refractivity contribution in [1.82, 2.24) is 10.2 Å². The molecule has 1 aromatic carbocycles. The zero-order chi connectivity index (χ0) is 18.6. The summed E-state index contributed by atoms with van der Waals surface area (Å²) in [6, 6.07) is 13.2. The van der Waals surface area contributed by atoms with Gasteiger partial charge in [-0.25, -0.2) is 0 Å². The van der Waals surface area contributed by atoms with Crippen LogP contribution in [0.2, 0.25) is 0 Å². The summed E-state index contributed by atoms with van der Waals surface area (Å²) in [6.45, 7) is 2.61.